The maximum absolute atomic E-state index is 12.2. The molecule has 0 saturated carbocycles. The molecule has 3 aromatic rings. The first-order valence-electron chi connectivity index (χ1n) is 7.56. The van der Waals surface area contributed by atoms with Gasteiger partial charge < -0.3 is 14.8 Å². The Morgan fingerprint density at radius 3 is 2.81 bits per heavy atom. The van der Waals surface area contributed by atoms with Crippen molar-refractivity contribution in [2.75, 3.05) is 17.7 Å². The van der Waals surface area contributed by atoms with Crippen molar-refractivity contribution in [1.82, 2.24) is 19.9 Å². The number of nitrogens with zero attached hydrogens (tertiary/aromatic N) is 4. The Kier molecular flexibility index (Phi) is 5.66. The van der Waals surface area contributed by atoms with Gasteiger partial charge in [0.25, 0.3) is 0 Å². The molecule has 0 bridgehead atoms. The van der Waals surface area contributed by atoms with Crippen molar-refractivity contribution in [1.29, 1.82) is 0 Å². The Labute approximate surface area is 153 Å². The third-order valence-corrected chi connectivity index (χ3v) is 3.89. The SMILES string of the molecule is COCc1csc(NC(=O)Oc2nc(C)ccc2Nc2cncnc2)n1. The summed E-state index contributed by atoms with van der Waals surface area (Å²) >= 11 is 1.28. The number of thiazole rings is 1. The van der Waals surface area contributed by atoms with E-state index >= 15 is 0 Å². The summed E-state index contributed by atoms with van der Waals surface area (Å²) in [6, 6.07) is 3.56. The number of carbonyl (C=O) groups excluding carboxylic acids is 1. The Balaban J connectivity index is 1.71. The van der Waals surface area contributed by atoms with Crippen LogP contribution in [0.25, 0.3) is 0 Å². The van der Waals surface area contributed by atoms with Crippen LogP contribution in [0.3, 0.4) is 0 Å². The van der Waals surface area contributed by atoms with Gasteiger partial charge >= 0.3 is 6.09 Å². The predicted octanol–water partition coefficient (Wildman–Crippen LogP) is 3.14. The third-order valence-electron chi connectivity index (χ3n) is 3.08. The van der Waals surface area contributed by atoms with Crippen molar-refractivity contribution in [2.24, 2.45) is 0 Å². The number of hydrogen-bond donors (Lipinski definition) is 2. The molecule has 9 nitrogen and oxygen atoms in total. The molecule has 2 N–H and O–H groups in total. The van der Waals surface area contributed by atoms with E-state index in [1.165, 1.54) is 17.7 Å². The van der Waals surface area contributed by atoms with Crippen LogP contribution >= 0.6 is 11.3 Å². The van der Waals surface area contributed by atoms with E-state index in [0.717, 1.165) is 5.69 Å². The summed E-state index contributed by atoms with van der Waals surface area (Å²) in [6.45, 7) is 2.18. The van der Waals surface area contributed by atoms with Crippen molar-refractivity contribution in [3.63, 3.8) is 0 Å². The van der Waals surface area contributed by atoms with Gasteiger partial charge in [0.1, 0.15) is 12.0 Å². The number of aromatic nitrogens is 4. The first-order valence-corrected chi connectivity index (χ1v) is 8.44. The molecule has 0 spiro atoms. The lowest BCUT2D eigenvalue weighted by atomic mass is 10.3. The largest absolute Gasteiger partial charge is 0.420 e. The van der Waals surface area contributed by atoms with Gasteiger partial charge in [0.2, 0.25) is 5.88 Å². The molecule has 0 aliphatic heterocycles. The molecule has 10 heteroatoms. The average Bonchev–Trinajstić information content (AvgIpc) is 3.05. The normalized spacial score (nSPS) is 10.4. The highest BCUT2D eigenvalue weighted by atomic mass is 32.1. The quantitative estimate of drug-likeness (QED) is 0.679. The second kappa shape index (κ2) is 8.32. The second-order valence-electron chi connectivity index (χ2n) is 5.15. The lowest BCUT2D eigenvalue weighted by Gasteiger charge is -2.11. The van der Waals surface area contributed by atoms with Crippen LogP contribution in [0.1, 0.15) is 11.4 Å². The maximum Gasteiger partial charge on any atom is 0.420 e. The van der Waals surface area contributed by atoms with Gasteiger partial charge in [0, 0.05) is 18.2 Å². The van der Waals surface area contributed by atoms with Crippen LogP contribution in [0.5, 0.6) is 5.88 Å². The minimum atomic E-state index is -0.686. The summed E-state index contributed by atoms with van der Waals surface area (Å²) < 4.78 is 10.3. The van der Waals surface area contributed by atoms with Gasteiger partial charge in [-0.3, -0.25) is 5.32 Å². The van der Waals surface area contributed by atoms with E-state index in [2.05, 4.69) is 30.6 Å². The molecule has 1 amide bonds. The van der Waals surface area contributed by atoms with Gasteiger partial charge in [-0.25, -0.2) is 24.7 Å². The number of hydrogen-bond acceptors (Lipinski definition) is 9. The summed E-state index contributed by atoms with van der Waals surface area (Å²) in [7, 11) is 1.58. The van der Waals surface area contributed by atoms with Gasteiger partial charge in [-0.15, -0.1) is 11.3 Å². The summed E-state index contributed by atoms with van der Waals surface area (Å²) in [6.07, 6.45) is 3.94. The Hall–Kier alpha value is -3.11. The molecule has 26 heavy (non-hydrogen) atoms. The number of anilines is 3. The summed E-state index contributed by atoms with van der Waals surface area (Å²) in [5.74, 6) is 0.139. The number of aryl methyl sites for hydroxylation is 1. The molecule has 3 rings (SSSR count). The van der Waals surface area contributed by atoms with E-state index in [4.69, 9.17) is 9.47 Å². The van der Waals surface area contributed by atoms with E-state index < -0.39 is 6.09 Å². The molecule has 3 aromatic heterocycles. The third kappa shape index (κ3) is 4.71. The van der Waals surface area contributed by atoms with Gasteiger partial charge in [-0.05, 0) is 19.1 Å². The summed E-state index contributed by atoms with van der Waals surface area (Å²) in [5.41, 5.74) is 2.60. The monoisotopic (exact) mass is 372 g/mol. The fourth-order valence-electron chi connectivity index (χ4n) is 2.00. The highest BCUT2D eigenvalue weighted by Crippen LogP contribution is 2.26. The highest BCUT2D eigenvalue weighted by molar-refractivity contribution is 7.13. The standard InChI is InChI=1S/C16H16N6O3S/c1-10-3-4-13(20-11-5-17-9-18-6-11)14(19-10)25-16(23)22-15-21-12(7-24-2)8-26-15/h3-6,8-9,20H,7H2,1-2H3,(H,21,22,23). The highest BCUT2D eigenvalue weighted by Gasteiger charge is 2.14. The lowest BCUT2D eigenvalue weighted by Crippen LogP contribution is -2.18. The van der Waals surface area contributed by atoms with Crippen LogP contribution in [-0.2, 0) is 11.3 Å². The van der Waals surface area contributed by atoms with Gasteiger partial charge in [-0.2, -0.15) is 0 Å². The van der Waals surface area contributed by atoms with Gasteiger partial charge in [0.05, 0.1) is 30.4 Å². The van der Waals surface area contributed by atoms with Crippen LogP contribution in [0, 0.1) is 6.92 Å². The molecule has 0 radical (unpaired) electrons. The Morgan fingerprint density at radius 1 is 1.23 bits per heavy atom. The zero-order valence-electron chi connectivity index (χ0n) is 14.1. The molecular formula is C16H16N6O3S. The van der Waals surface area contributed by atoms with E-state index in [1.54, 1.807) is 43.9 Å². The average molecular weight is 372 g/mol. The van der Waals surface area contributed by atoms with Gasteiger partial charge in [-0.1, -0.05) is 0 Å². The fourth-order valence-corrected chi connectivity index (χ4v) is 2.68. The fraction of sp³-hybridized carbons (Fsp3) is 0.188. The molecule has 0 saturated heterocycles. The van der Waals surface area contributed by atoms with Gasteiger partial charge in [0.15, 0.2) is 5.13 Å². The van der Waals surface area contributed by atoms with Crippen LogP contribution in [0.2, 0.25) is 0 Å². The maximum atomic E-state index is 12.2. The van der Waals surface area contributed by atoms with E-state index in [1.807, 2.05) is 0 Å². The molecule has 0 atom stereocenters. The smallest absolute Gasteiger partial charge is 0.389 e. The number of ether oxygens (including phenoxy) is 2. The number of pyridine rings is 1. The van der Waals surface area contributed by atoms with Crippen LogP contribution in [-0.4, -0.2) is 33.1 Å². The minimum Gasteiger partial charge on any atom is -0.389 e. The molecule has 0 unspecified atom stereocenters. The van der Waals surface area contributed by atoms with Crippen LogP contribution in [0.15, 0.2) is 36.2 Å². The van der Waals surface area contributed by atoms with Crippen molar-refractivity contribution in [3.8, 4) is 5.88 Å². The number of nitrogens with one attached hydrogen (secondary N) is 2. The summed E-state index contributed by atoms with van der Waals surface area (Å²) in [4.78, 5) is 28.5. The number of methoxy groups -OCH3 is 1. The minimum absolute atomic E-state index is 0.139. The molecular weight excluding hydrogens is 356 g/mol. The zero-order valence-corrected chi connectivity index (χ0v) is 14.9. The molecule has 0 fully saturated rings. The molecule has 134 valence electrons. The molecule has 0 aliphatic carbocycles. The van der Waals surface area contributed by atoms with Crippen LogP contribution in [0.4, 0.5) is 21.3 Å². The molecule has 0 aliphatic rings. The summed E-state index contributed by atoms with van der Waals surface area (Å²) in [5, 5.41) is 7.86. The predicted molar refractivity (Wildman–Crippen MR) is 96.8 cm³/mol. The van der Waals surface area contributed by atoms with E-state index in [9.17, 15) is 4.79 Å². The lowest BCUT2D eigenvalue weighted by molar-refractivity contribution is 0.182. The van der Waals surface area contributed by atoms with Crippen molar-refractivity contribution in [2.45, 2.75) is 13.5 Å². The Morgan fingerprint density at radius 2 is 2.04 bits per heavy atom. The van der Waals surface area contributed by atoms with Crippen LogP contribution < -0.4 is 15.4 Å². The van der Waals surface area contributed by atoms with Crippen molar-refractivity contribution < 1.29 is 14.3 Å². The van der Waals surface area contributed by atoms with E-state index in [0.29, 0.717) is 28.8 Å². The second-order valence-corrected chi connectivity index (χ2v) is 6.01. The first-order chi connectivity index (χ1) is 12.6. The number of carbonyl (C=O) groups is 1. The van der Waals surface area contributed by atoms with E-state index in [-0.39, 0.29) is 5.88 Å². The first kappa shape index (κ1) is 17.7. The zero-order chi connectivity index (χ0) is 18.4. The molecule has 0 aromatic carbocycles. The number of rotatable bonds is 6. The molecule has 3 heterocycles. The topological polar surface area (TPSA) is 111 Å². The van der Waals surface area contributed by atoms with Crippen molar-refractivity contribution >= 4 is 33.9 Å². The number of amides is 1. The Bertz CT molecular complexity index is 887. The van der Waals surface area contributed by atoms with Crippen molar-refractivity contribution in [3.05, 3.63) is 47.6 Å².